The van der Waals surface area contributed by atoms with Crippen LogP contribution in [0.1, 0.15) is 41.0 Å². The first-order chi connectivity index (χ1) is 8.67. The topological polar surface area (TPSA) is 64.6 Å². The average Bonchev–Trinajstić information content (AvgIpc) is 2.23. The van der Waals surface area contributed by atoms with Gasteiger partial charge in [0.2, 0.25) is 0 Å². The number of carbonyl (C=O) groups excluding carboxylic acids is 2. The fraction of sp³-hybridized carbons (Fsp3) is 0.846. The van der Waals surface area contributed by atoms with Crippen LogP contribution in [0, 0.1) is 5.92 Å². The highest BCUT2D eigenvalue weighted by Gasteiger charge is 2.27. The van der Waals surface area contributed by atoms with Gasteiger partial charge in [-0.3, -0.25) is 0 Å². The molecule has 0 aromatic rings. The van der Waals surface area contributed by atoms with Crippen LogP contribution in [0.3, 0.4) is 0 Å². The number of rotatable bonds is 6. The van der Waals surface area contributed by atoms with E-state index in [1.807, 2.05) is 13.8 Å². The largest absolute Gasteiger partial charge is 0.464 e. The van der Waals surface area contributed by atoms with Crippen LogP contribution in [-0.4, -0.2) is 35.6 Å². The summed E-state index contributed by atoms with van der Waals surface area (Å²) in [6, 6.07) is -0.690. The highest BCUT2D eigenvalue weighted by Crippen LogP contribution is 2.09. The van der Waals surface area contributed by atoms with Crippen molar-refractivity contribution in [1.29, 1.82) is 0 Å². The molecule has 0 rings (SSSR count). The lowest BCUT2D eigenvalue weighted by Crippen LogP contribution is -2.47. The average molecular weight is 338 g/mol. The SMILES string of the molecule is CC(C)[C@H](NC(=O)OC(C)(C)C)C(=O)OCCCBr. The summed E-state index contributed by atoms with van der Waals surface area (Å²) in [6.45, 7) is 9.33. The van der Waals surface area contributed by atoms with Crippen LogP contribution >= 0.6 is 15.9 Å². The van der Waals surface area contributed by atoms with Crippen molar-refractivity contribution in [1.82, 2.24) is 5.32 Å². The van der Waals surface area contributed by atoms with Gasteiger partial charge in [0.1, 0.15) is 11.6 Å². The van der Waals surface area contributed by atoms with Crippen LogP contribution in [0.4, 0.5) is 4.79 Å². The number of hydrogen-bond donors (Lipinski definition) is 1. The molecule has 5 nitrogen and oxygen atoms in total. The van der Waals surface area contributed by atoms with Gasteiger partial charge in [0.25, 0.3) is 0 Å². The Hall–Kier alpha value is -0.780. The zero-order valence-electron chi connectivity index (χ0n) is 12.3. The molecule has 0 aliphatic rings. The minimum atomic E-state index is -0.690. The molecule has 0 unspecified atom stereocenters. The summed E-state index contributed by atoms with van der Waals surface area (Å²) in [6.07, 6.45) is 0.131. The van der Waals surface area contributed by atoms with Crippen LogP contribution in [0.25, 0.3) is 0 Å². The Morgan fingerprint density at radius 2 is 1.84 bits per heavy atom. The van der Waals surface area contributed by atoms with Crippen LogP contribution in [0.2, 0.25) is 0 Å². The van der Waals surface area contributed by atoms with E-state index in [1.54, 1.807) is 20.8 Å². The molecule has 0 aliphatic heterocycles. The zero-order chi connectivity index (χ0) is 15.1. The van der Waals surface area contributed by atoms with Gasteiger partial charge in [0.05, 0.1) is 6.61 Å². The molecular formula is C13H24BrNO4. The Balaban J connectivity index is 4.40. The highest BCUT2D eigenvalue weighted by atomic mass is 79.9. The van der Waals surface area contributed by atoms with Crippen LogP contribution in [-0.2, 0) is 14.3 Å². The van der Waals surface area contributed by atoms with Crippen LogP contribution < -0.4 is 5.32 Å². The molecule has 112 valence electrons. The third kappa shape index (κ3) is 8.86. The van der Waals surface area contributed by atoms with Gasteiger partial charge in [0, 0.05) is 5.33 Å². The van der Waals surface area contributed by atoms with Crippen molar-refractivity contribution in [3.63, 3.8) is 0 Å². The number of ether oxygens (including phenoxy) is 2. The van der Waals surface area contributed by atoms with E-state index in [-0.39, 0.29) is 5.92 Å². The van der Waals surface area contributed by atoms with Gasteiger partial charge in [-0.2, -0.15) is 0 Å². The summed E-state index contributed by atoms with van der Waals surface area (Å²) in [5.41, 5.74) is -0.592. The first kappa shape index (κ1) is 18.2. The number of carbonyl (C=O) groups is 2. The van der Waals surface area contributed by atoms with Crippen molar-refractivity contribution in [2.75, 3.05) is 11.9 Å². The van der Waals surface area contributed by atoms with Crippen molar-refractivity contribution in [2.24, 2.45) is 5.92 Å². The summed E-state index contributed by atoms with van der Waals surface area (Å²) in [4.78, 5) is 23.5. The molecule has 6 heteroatoms. The van der Waals surface area contributed by atoms with Gasteiger partial charge < -0.3 is 14.8 Å². The first-order valence-corrected chi connectivity index (χ1v) is 7.51. The Morgan fingerprint density at radius 1 is 1.26 bits per heavy atom. The lowest BCUT2D eigenvalue weighted by molar-refractivity contribution is -0.147. The lowest BCUT2D eigenvalue weighted by Gasteiger charge is -2.24. The maximum Gasteiger partial charge on any atom is 0.408 e. The van der Waals surface area contributed by atoms with Crippen molar-refractivity contribution >= 4 is 28.0 Å². The molecule has 0 aromatic carbocycles. The fourth-order valence-corrected chi connectivity index (χ4v) is 1.48. The van der Waals surface area contributed by atoms with Crippen molar-refractivity contribution in [3.05, 3.63) is 0 Å². The van der Waals surface area contributed by atoms with E-state index in [9.17, 15) is 9.59 Å². The van der Waals surface area contributed by atoms with Crippen molar-refractivity contribution in [2.45, 2.75) is 52.7 Å². The minimum Gasteiger partial charge on any atom is -0.464 e. The van der Waals surface area contributed by atoms with Crippen molar-refractivity contribution in [3.8, 4) is 0 Å². The van der Waals surface area contributed by atoms with E-state index in [0.717, 1.165) is 11.8 Å². The second-order valence-corrected chi connectivity index (χ2v) is 6.37. The van der Waals surface area contributed by atoms with E-state index in [0.29, 0.717) is 6.61 Å². The van der Waals surface area contributed by atoms with Gasteiger partial charge in [-0.15, -0.1) is 0 Å². The van der Waals surface area contributed by atoms with E-state index >= 15 is 0 Å². The van der Waals surface area contributed by atoms with Crippen molar-refractivity contribution < 1.29 is 19.1 Å². The molecule has 0 spiro atoms. The lowest BCUT2D eigenvalue weighted by atomic mass is 10.1. The Bertz CT molecular complexity index is 300. The van der Waals surface area contributed by atoms with Gasteiger partial charge in [-0.25, -0.2) is 9.59 Å². The number of alkyl carbamates (subject to hydrolysis) is 1. The normalized spacial score (nSPS) is 13.0. The van der Waals surface area contributed by atoms with E-state index in [2.05, 4.69) is 21.2 Å². The molecule has 0 fully saturated rings. The molecule has 1 N–H and O–H groups in total. The first-order valence-electron chi connectivity index (χ1n) is 6.39. The molecule has 0 saturated carbocycles. The number of hydrogen-bond acceptors (Lipinski definition) is 4. The Kier molecular flexibility index (Phi) is 8.06. The van der Waals surface area contributed by atoms with Gasteiger partial charge >= 0.3 is 12.1 Å². The van der Waals surface area contributed by atoms with E-state index < -0.39 is 23.7 Å². The Morgan fingerprint density at radius 3 is 2.26 bits per heavy atom. The summed E-state index contributed by atoms with van der Waals surface area (Å²) in [7, 11) is 0. The number of halogens is 1. The van der Waals surface area contributed by atoms with Gasteiger partial charge in [-0.05, 0) is 33.1 Å². The number of alkyl halides is 1. The third-order valence-electron chi connectivity index (χ3n) is 2.12. The second-order valence-electron chi connectivity index (χ2n) is 5.58. The molecule has 0 aliphatic carbocycles. The fourth-order valence-electron chi connectivity index (χ4n) is 1.25. The smallest absolute Gasteiger partial charge is 0.408 e. The number of esters is 1. The van der Waals surface area contributed by atoms with Gasteiger partial charge in [0.15, 0.2) is 0 Å². The summed E-state index contributed by atoms with van der Waals surface area (Å²) >= 11 is 3.26. The molecule has 0 heterocycles. The summed E-state index contributed by atoms with van der Waals surface area (Å²) in [5, 5.41) is 3.32. The Labute approximate surface area is 123 Å². The zero-order valence-corrected chi connectivity index (χ0v) is 13.9. The van der Waals surface area contributed by atoms with E-state index in [1.165, 1.54) is 0 Å². The number of nitrogens with one attached hydrogen (secondary N) is 1. The van der Waals surface area contributed by atoms with Crippen LogP contribution in [0.5, 0.6) is 0 Å². The number of amides is 1. The predicted octanol–water partition coefficient (Wildman–Crippen LogP) is 2.86. The predicted molar refractivity (Wildman–Crippen MR) is 77.4 cm³/mol. The summed E-state index contributed by atoms with van der Waals surface area (Å²) in [5.74, 6) is -0.495. The molecule has 0 radical (unpaired) electrons. The van der Waals surface area contributed by atoms with Gasteiger partial charge in [-0.1, -0.05) is 29.8 Å². The molecule has 1 atom stereocenters. The molecule has 0 aromatic heterocycles. The quantitative estimate of drug-likeness (QED) is 0.459. The van der Waals surface area contributed by atoms with Crippen LogP contribution in [0.15, 0.2) is 0 Å². The second kappa shape index (κ2) is 8.40. The maximum atomic E-state index is 11.9. The molecule has 19 heavy (non-hydrogen) atoms. The minimum absolute atomic E-state index is 0.0658. The maximum absolute atomic E-state index is 11.9. The third-order valence-corrected chi connectivity index (χ3v) is 2.68. The summed E-state index contributed by atoms with van der Waals surface area (Å²) < 4.78 is 10.2. The molecule has 0 bridgehead atoms. The standard InChI is InChI=1S/C13H24BrNO4/c1-9(2)10(11(16)18-8-6-7-14)15-12(17)19-13(3,4)5/h9-10H,6-8H2,1-5H3,(H,15,17)/t10-/m0/s1. The molecule has 1 amide bonds. The van der Waals surface area contributed by atoms with E-state index in [4.69, 9.17) is 9.47 Å². The monoisotopic (exact) mass is 337 g/mol. The highest BCUT2D eigenvalue weighted by molar-refractivity contribution is 9.09. The molecular weight excluding hydrogens is 314 g/mol. The molecule has 0 saturated heterocycles.